The first-order valence-corrected chi connectivity index (χ1v) is 7.82. The molecule has 6 heteroatoms. The van der Waals surface area contributed by atoms with Crippen LogP contribution < -0.4 is 5.73 Å². The Kier molecular flexibility index (Phi) is 5.25. The van der Waals surface area contributed by atoms with Crippen LogP contribution >= 0.6 is 23.2 Å². The quantitative estimate of drug-likeness (QED) is 0.908. The number of benzene rings is 1. The molecule has 1 unspecified atom stereocenters. The van der Waals surface area contributed by atoms with Crippen LogP contribution in [0.2, 0.25) is 10.0 Å². The summed E-state index contributed by atoms with van der Waals surface area (Å²) in [4.78, 5) is 0. The summed E-state index contributed by atoms with van der Waals surface area (Å²) >= 11 is 11.9. The summed E-state index contributed by atoms with van der Waals surface area (Å²) in [5.41, 5.74) is 6.09. The highest BCUT2D eigenvalue weighted by Crippen LogP contribution is 2.26. The molecule has 0 bridgehead atoms. The Morgan fingerprint density at radius 3 is 2.29 bits per heavy atom. The van der Waals surface area contributed by atoms with Crippen LogP contribution in [0.1, 0.15) is 18.9 Å². The number of rotatable bonds is 5. The van der Waals surface area contributed by atoms with E-state index in [2.05, 4.69) is 0 Å². The molecular weight excluding hydrogens is 281 g/mol. The van der Waals surface area contributed by atoms with Gasteiger partial charge in [-0.1, -0.05) is 36.2 Å². The predicted molar refractivity (Wildman–Crippen MR) is 72.2 cm³/mol. The Balaban J connectivity index is 2.91. The van der Waals surface area contributed by atoms with Crippen molar-refractivity contribution in [3.05, 3.63) is 33.8 Å². The van der Waals surface area contributed by atoms with Crippen LogP contribution in [0.5, 0.6) is 0 Å². The second-order valence-electron chi connectivity index (χ2n) is 3.92. The highest BCUT2D eigenvalue weighted by atomic mass is 35.5. The first-order chi connectivity index (χ1) is 7.85. The zero-order valence-electron chi connectivity index (χ0n) is 9.49. The molecule has 3 nitrogen and oxygen atoms in total. The molecule has 0 saturated carbocycles. The Hall–Kier alpha value is -0.290. The highest BCUT2D eigenvalue weighted by Gasteiger charge is 2.19. The zero-order valence-corrected chi connectivity index (χ0v) is 11.8. The first-order valence-electron chi connectivity index (χ1n) is 5.24. The van der Waals surface area contributed by atoms with Crippen LogP contribution in [-0.2, 0) is 15.6 Å². The van der Waals surface area contributed by atoms with E-state index < -0.39 is 9.84 Å². The minimum atomic E-state index is -3.28. The largest absolute Gasteiger partial charge is 0.327 e. The van der Waals surface area contributed by atoms with Crippen LogP contribution in [0.25, 0.3) is 0 Å². The molecule has 0 heterocycles. The smallest absolute Gasteiger partial charge is 0.156 e. The molecule has 0 amide bonds. The van der Waals surface area contributed by atoms with Gasteiger partial charge in [-0.15, -0.1) is 0 Å². The Morgan fingerprint density at radius 2 is 1.82 bits per heavy atom. The van der Waals surface area contributed by atoms with Gasteiger partial charge in [0.05, 0.1) is 11.5 Å². The molecule has 17 heavy (non-hydrogen) atoms. The monoisotopic (exact) mass is 295 g/mol. The van der Waals surface area contributed by atoms with Gasteiger partial charge in [0, 0.05) is 21.7 Å². The maximum absolute atomic E-state index is 11.9. The van der Waals surface area contributed by atoms with Gasteiger partial charge in [-0.05, 0) is 18.6 Å². The van der Waals surface area contributed by atoms with Gasteiger partial charge in [-0.25, -0.2) is 8.42 Å². The van der Waals surface area contributed by atoms with Crippen LogP contribution in [0.3, 0.4) is 0 Å². The number of hydrogen-bond donors (Lipinski definition) is 1. The van der Waals surface area contributed by atoms with Gasteiger partial charge in [0.15, 0.2) is 9.84 Å². The molecule has 1 aromatic rings. The molecule has 0 radical (unpaired) electrons. The normalized spacial score (nSPS) is 13.6. The van der Waals surface area contributed by atoms with E-state index in [1.54, 1.807) is 18.2 Å². The summed E-state index contributed by atoms with van der Waals surface area (Å²) in [6.45, 7) is 1.85. The molecule has 0 aliphatic carbocycles. The van der Waals surface area contributed by atoms with Crippen molar-refractivity contribution in [3.8, 4) is 0 Å². The zero-order chi connectivity index (χ0) is 13.1. The second-order valence-corrected chi connectivity index (χ2v) is 6.85. The summed E-state index contributed by atoms with van der Waals surface area (Å²) < 4.78 is 23.8. The van der Waals surface area contributed by atoms with Gasteiger partial charge in [-0.3, -0.25) is 0 Å². The van der Waals surface area contributed by atoms with Gasteiger partial charge in [0.25, 0.3) is 0 Å². The molecule has 1 atom stereocenters. The standard InChI is InChI=1S/C11H15Cl2NO2S/c1-2-8(14)6-17(15,16)7-9-10(12)4-3-5-11(9)13/h3-5,8H,2,6-7,14H2,1H3. The Labute approximate surface area is 112 Å². The van der Waals surface area contributed by atoms with Crippen molar-refractivity contribution in [1.29, 1.82) is 0 Å². The van der Waals surface area contributed by atoms with Crippen molar-refractivity contribution in [1.82, 2.24) is 0 Å². The van der Waals surface area contributed by atoms with Gasteiger partial charge in [0.2, 0.25) is 0 Å². The van der Waals surface area contributed by atoms with Crippen LogP contribution in [0.15, 0.2) is 18.2 Å². The van der Waals surface area contributed by atoms with Gasteiger partial charge in [0.1, 0.15) is 0 Å². The van der Waals surface area contributed by atoms with Crippen LogP contribution in [0.4, 0.5) is 0 Å². The van der Waals surface area contributed by atoms with Gasteiger partial charge in [-0.2, -0.15) is 0 Å². The summed E-state index contributed by atoms with van der Waals surface area (Å²) in [5.74, 6) is -0.218. The summed E-state index contributed by atoms with van der Waals surface area (Å²) in [7, 11) is -3.28. The van der Waals surface area contributed by atoms with Crippen molar-refractivity contribution in [2.24, 2.45) is 5.73 Å². The third-order valence-electron chi connectivity index (χ3n) is 2.42. The topological polar surface area (TPSA) is 60.2 Å². The van der Waals surface area contributed by atoms with E-state index in [9.17, 15) is 8.42 Å². The van der Waals surface area contributed by atoms with E-state index in [4.69, 9.17) is 28.9 Å². The first kappa shape index (κ1) is 14.8. The van der Waals surface area contributed by atoms with E-state index in [1.165, 1.54) is 0 Å². The third-order valence-corrected chi connectivity index (χ3v) is 4.79. The maximum Gasteiger partial charge on any atom is 0.156 e. The molecule has 1 aromatic carbocycles. The average Bonchev–Trinajstić information content (AvgIpc) is 2.23. The van der Waals surface area contributed by atoms with E-state index >= 15 is 0 Å². The van der Waals surface area contributed by atoms with Crippen LogP contribution in [-0.4, -0.2) is 20.2 Å². The van der Waals surface area contributed by atoms with Crippen molar-refractivity contribution in [3.63, 3.8) is 0 Å². The molecule has 0 aliphatic heterocycles. The van der Waals surface area contributed by atoms with E-state index in [1.807, 2.05) is 6.92 Å². The van der Waals surface area contributed by atoms with Gasteiger partial charge < -0.3 is 5.73 Å². The fourth-order valence-electron chi connectivity index (χ4n) is 1.39. The molecule has 0 saturated heterocycles. The lowest BCUT2D eigenvalue weighted by atomic mass is 10.2. The number of hydrogen-bond acceptors (Lipinski definition) is 3. The second kappa shape index (κ2) is 6.05. The molecule has 2 N–H and O–H groups in total. The summed E-state index contributed by atoms with van der Waals surface area (Å²) in [6.07, 6.45) is 0.621. The molecule has 0 aromatic heterocycles. The SMILES string of the molecule is CCC(N)CS(=O)(=O)Cc1c(Cl)cccc1Cl. The minimum absolute atomic E-state index is 0.0505. The van der Waals surface area contributed by atoms with E-state index in [0.717, 1.165) is 0 Å². The average molecular weight is 296 g/mol. The van der Waals surface area contributed by atoms with E-state index in [0.29, 0.717) is 22.0 Å². The molecular formula is C11H15Cl2NO2S. The number of halogens is 2. The maximum atomic E-state index is 11.9. The van der Waals surface area contributed by atoms with Crippen molar-refractivity contribution in [2.75, 3.05) is 5.75 Å². The van der Waals surface area contributed by atoms with Crippen molar-refractivity contribution < 1.29 is 8.42 Å². The fraction of sp³-hybridized carbons (Fsp3) is 0.455. The summed E-state index contributed by atoms with van der Waals surface area (Å²) in [5, 5.41) is 0.734. The Bertz CT molecular complexity index is 468. The minimum Gasteiger partial charge on any atom is -0.327 e. The van der Waals surface area contributed by atoms with Gasteiger partial charge >= 0.3 is 0 Å². The lowest BCUT2D eigenvalue weighted by Gasteiger charge is -2.11. The molecule has 96 valence electrons. The van der Waals surface area contributed by atoms with Crippen molar-refractivity contribution in [2.45, 2.75) is 25.1 Å². The lowest BCUT2D eigenvalue weighted by molar-refractivity contribution is 0.583. The summed E-state index contributed by atoms with van der Waals surface area (Å²) in [6, 6.07) is 4.58. The highest BCUT2D eigenvalue weighted by molar-refractivity contribution is 7.90. The number of sulfone groups is 1. The third kappa shape index (κ3) is 4.47. The van der Waals surface area contributed by atoms with E-state index in [-0.39, 0.29) is 17.5 Å². The fourth-order valence-corrected chi connectivity index (χ4v) is 3.84. The molecule has 0 fully saturated rings. The Morgan fingerprint density at radius 1 is 1.29 bits per heavy atom. The molecule has 0 spiro atoms. The predicted octanol–water partition coefficient (Wildman–Crippen LogP) is 2.65. The molecule has 1 rings (SSSR count). The molecule has 0 aliphatic rings. The van der Waals surface area contributed by atoms with Crippen LogP contribution in [0, 0.1) is 0 Å². The lowest BCUT2D eigenvalue weighted by Crippen LogP contribution is -2.29. The number of nitrogens with two attached hydrogens (primary N) is 1. The van der Waals surface area contributed by atoms with Crippen molar-refractivity contribution >= 4 is 33.0 Å².